The summed E-state index contributed by atoms with van der Waals surface area (Å²) < 4.78 is 30.9. The van der Waals surface area contributed by atoms with E-state index in [1.807, 2.05) is 54.6 Å². The lowest BCUT2D eigenvalue weighted by atomic mass is 9.98. The fraction of sp³-hybridized carbons (Fsp3) is 0.143. The van der Waals surface area contributed by atoms with Crippen LogP contribution in [0.15, 0.2) is 66.7 Å². The second kappa shape index (κ2) is 8.03. The number of anilines is 1. The molecule has 140 valence electrons. The quantitative estimate of drug-likeness (QED) is 0.633. The minimum atomic E-state index is -3.30. The van der Waals surface area contributed by atoms with E-state index in [4.69, 9.17) is 16.3 Å². The Kier molecular flexibility index (Phi) is 5.73. The van der Waals surface area contributed by atoms with E-state index in [9.17, 15) is 8.42 Å². The molecule has 0 aromatic heterocycles. The van der Waals surface area contributed by atoms with Crippen molar-refractivity contribution in [2.45, 2.75) is 6.42 Å². The van der Waals surface area contributed by atoms with Crippen LogP contribution >= 0.6 is 11.6 Å². The van der Waals surface area contributed by atoms with Crippen LogP contribution in [0.25, 0.3) is 11.1 Å². The summed E-state index contributed by atoms with van der Waals surface area (Å²) in [4.78, 5) is 0. The number of benzene rings is 3. The number of sulfonamides is 1. The molecule has 0 unspecified atom stereocenters. The number of halogens is 1. The zero-order chi connectivity index (χ0) is 19.4. The van der Waals surface area contributed by atoms with Gasteiger partial charge in [0.1, 0.15) is 5.75 Å². The van der Waals surface area contributed by atoms with Crippen LogP contribution in [0.4, 0.5) is 5.69 Å². The summed E-state index contributed by atoms with van der Waals surface area (Å²) in [6, 6.07) is 21.0. The van der Waals surface area contributed by atoms with Gasteiger partial charge in [0, 0.05) is 16.3 Å². The molecular weight excluding hydrogens is 382 g/mol. The zero-order valence-electron chi connectivity index (χ0n) is 15.1. The lowest BCUT2D eigenvalue weighted by Crippen LogP contribution is -2.09. The molecule has 0 heterocycles. The van der Waals surface area contributed by atoms with Gasteiger partial charge in [-0.15, -0.1) is 0 Å². The largest absolute Gasteiger partial charge is 0.496 e. The Morgan fingerprint density at radius 1 is 0.963 bits per heavy atom. The molecule has 4 nitrogen and oxygen atoms in total. The average Bonchev–Trinajstić information content (AvgIpc) is 2.60. The summed E-state index contributed by atoms with van der Waals surface area (Å²) in [5, 5.41) is 0.666. The van der Waals surface area contributed by atoms with Crippen LogP contribution in [-0.4, -0.2) is 21.8 Å². The van der Waals surface area contributed by atoms with Crippen LogP contribution < -0.4 is 9.46 Å². The number of hydrogen-bond donors (Lipinski definition) is 1. The number of hydrogen-bond acceptors (Lipinski definition) is 3. The highest BCUT2D eigenvalue weighted by Crippen LogP contribution is 2.33. The molecule has 6 heteroatoms. The minimum absolute atomic E-state index is 0.554. The first-order valence-electron chi connectivity index (χ1n) is 8.33. The van der Waals surface area contributed by atoms with Gasteiger partial charge in [-0.3, -0.25) is 4.72 Å². The highest BCUT2D eigenvalue weighted by Gasteiger charge is 2.09. The Labute approximate surface area is 164 Å². The minimum Gasteiger partial charge on any atom is -0.496 e. The van der Waals surface area contributed by atoms with E-state index in [-0.39, 0.29) is 0 Å². The molecule has 0 spiro atoms. The number of rotatable bonds is 6. The molecule has 0 radical (unpaired) electrons. The highest BCUT2D eigenvalue weighted by atomic mass is 35.5. The van der Waals surface area contributed by atoms with E-state index in [2.05, 4.69) is 10.8 Å². The van der Waals surface area contributed by atoms with Crippen molar-refractivity contribution in [1.82, 2.24) is 0 Å². The van der Waals surface area contributed by atoms with Crippen molar-refractivity contribution in [1.29, 1.82) is 0 Å². The molecule has 0 amide bonds. The average molecular weight is 402 g/mol. The second-order valence-electron chi connectivity index (χ2n) is 6.30. The number of ether oxygens (including phenoxy) is 1. The molecule has 3 rings (SSSR count). The molecule has 0 aliphatic rings. The summed E-state index contributed by atoms with van der Waals surface area (Å²) >= 11 is 6.13. The molecule has 3 aromatic rings. The summed E-state index contributed by atoms with van der Waals surface area (Å²) in [6.07, 6.45) is 1.80. The fourth-order valence-corrected chi connectivity index (χ4v) is 3.69. The van der Waals surface area contributed by atoms with E-state index >= 15 is 0 Å². The van der Waals surface area contributed by atoms with Crippen molar-refractivity contribution in [2.75, 3.05) is 18.1 Å². The van der Waals surface area contributed by atoms with Crippen molar-refractivity contribution in [3.05, 3.63) is 82.9 Å². The number of methoxy groups -OCH3 is 1. The van der Waals surface area contributed by atoms with E-state index < -0.39 is 10.0 Å². The van der Waals surface area contributed by atoms with Crippen molar-refractivity contribution < 1.29 is 13.2 Å². The zero-order valence-corrected chi connectivity index (χ0v) is 16.6. The van der Waals surface area contributed by atoms with Crippen LogP contribution in [0, 0.1) is 0 Å². The molecule has 0 saturated heterocycles. The third-order valence-corrected chi connectivity index (χ3v) is 4.88. The van der Waals surface area contributed by atoms with Crippen molar-refractivity contribution in [3.8, 4) is 16.9 Å². The topological polar surface area (TPSA) is 55.4 Å². The van der Waals surface area contributed by atoms with Gasteiger partial charge < -0.3 is 4.74 Å². The smallest absolute Gasteiger partial charge is 0.229 e. The molecular formula is C21H20ClNO3S. The van der Waals surface area contributed by atoms with Crippen molar-refractivity contribution in [2.24, 2.45) is 0 Å². The summed E-state index contributed by atoms with van der Waals surface area (Å²) in [7, 11) is -1.66. The normalized spacial score (nSPS) is 11.2. The summed E-state index contributed by atoms with van der Waals surface area (Å²) in [5.41, 5.74) is 4.59. The van der Waals surface area contributed by atoms with Crippen LogP contribution in [-0.2, 0) is 16.4 Å². The Hall–Kier alpha value is -2.50. The highest BCUT2D eigenvalue weighted by molar-refractivity contribution is 7.92. The van der Waals surface area contributed by atoms with Crippen LogP contribution in [0.1, 0.15) is 11.1 Å². The number of nitrogens with one attached hydrogen (secondary N) is 1. The van der Waals surface area contributed by atoms with Gasteiger partial charge >= 0.3 is 0 Å². The molecule has 27 heavy (non-hydrogen) atoms. The van der Waals surface area contributed by atoms with Gasteiger partial charge in [0.15, 0.2) is 0 Å². The lowest BCUT2D eigenvalue weighted by Gasteiger charge is -2.12. The lowest BCUT2D eigenvalue weighted by molar-refractivity contribution is 0.416. The fourth-order valence-electron chi connectivity index (χ4n) is 2.94. The predicted molar refractivity (Wildman–Crippen MR) is 111 cm³/mol. The molecule has 0 aliphatic carbocycles. The maximum atomic E-state index is 11.4. The van der Waals surface area contributed by atoms with Crippen LogP contribution in [0.2, 0.25) is 5.02 Å². The second-order valence-corrected chi connectivity index (χ2v) is 8.48. The van der Waals surface area contributed by atoms with Crippen LogP contribution in [0.5, 0.6) is 5.75 Å². The summed E-state index contributed by atoms with van der Waals surface area (Å²) in [6.45, 7) is 0. The Bertz CT molecular complexity index is 1060. The van der Waals surface area contributed by atoms with Gasteiger partial charge in [0.05, 0.1) is 13.4 Å². The third-order valence-electron chi connectivity index (χ3n) is 4.04. The maximum Gasteiger partial charge on any atom is 0.229 e. The summed E-state index contributed by atoms with van der Waals surface area (Å²) in [5.74, 6) is 0.772. The van der Waals surface area contributed by atoms with Gasteiger partial charge in [-0.1, -0.05) is 41.9 Å². The van der Waals surface area contributed by atoms with Crippen molar-refractivity contribution >= 4 is 27.3 Å². The first-order valence-corrected chi connectivity index (χ1v) is 10.6. The SMILES string of the molecule is COc1ccc(Cc2cccc(NS(C)(=O)=O)c2)cc1-c1cccc(Cl)c1. The van der Waals surface area contributed by atoms with Gasteiger partial charge in [0.25, 0.3) is 0 Å². The molecule has 1 N–H and O–H groups in total. The van der Waals surface area contributed by atoms with Gasteiger partial charge in [-0.2, -0.15) is 0 Å². The van der Waals surface area contributed by atoms with E-state index in [0.29, 0.717) is 17.1 Å². The monoisotopic (exact) mass is 401 g/mol. The molecule has 0 saturated carbocycles. The van der Waals surface area contributed by atoms with Gasteiger partial charge in [-0.25, -0.2) is 8.42 Å². The van der Waals surface area contributed by atoms with Gasteiger partial charge in [0.2, 0.25) is 10.0 Å². The molecule has 0 atom stereocenters. The standard InChI is InChI=1S/C21H20ClNO3S/c1-26-21-10-9-16(13-20(21)17-6-4-7-18(22)14-17)11-15-5-3-8-19(12-15)23-27(2,24)25/h3-10,12-14,23H,11H2,1-2H3. The van der Waals surface area contributed by atoms with E-state index in [1.54, 1.807) is 13.2 Å². The molecule has 0 bridgehead atoms. The van der Waals surface area contributed by atoms with Crippen LogP contribution in [0.3, 0.4) is 0 Å². The Balaban J connectivity index is 1.92. The third kappa shape index (κ3) is 5.25. The Morgan fingerprint density at radius 2 is 1.70 bits per heavy atom. The van der Waals surface area contributed by atoms with E-state index in [0.717, 1.165) is 34.3 Å². The first-order chi connectivity index (χ1) is 12.8. The Morgan fingerprint density at radius 3 is 2.41 bits per heavy atom. The van der Waals surface area contributed by atoms with E-state index in [1.165, 1.54) is 0 Å². The molecule has 0 fully saturated rings. The van der Waals surface area contributed by atoms with Gasteiger partial charge in [-0.05, 0) is 59.5 Å². The maximum absolute atomic E-state index is 11.4. The van der Waals surface area contributed by atoms with Crippen molar-refractivity contribution in [3.63, 3.8) is 0 Å². The molecule has 3 aromatic carbocycles. The first kappa shape index (κ1) is 19.3. The molecule has 0 aliphatic heterocycles. The predicted octanol–water partition coefficient (Wildman–Crippen LogP) is 4.98.